The van der Waals surface area contributed by atoms with Gasteiger partial charge in [0.2, 0.25) is 5.95 Å². The summed E-state index contributed by atoms with van der Waals surface area (Å²) in [4.78, 5) is 8.76. The van der Waals surface area contributed by atoms with Gasteiger partial charge in [0.1, 0.15) is 5.75 Å². The molecule has 120 valence electrons. The molecule has 0 fully saturated rings. The monoisotopic (exact) mass is 338 g/mol. The average Bonchev–Trinajstić information content (AvgIpc) is 2.58. The van der Waals surface area contributed by atoms with Gasteiger partial charge in [-0.05, 0) is 31.2 Å². The number of benzene rings is 2. The lowest BCUT2D eigenvalue weighted by Gasteiger charge is -2.05. The molecule has 0 unspecified atom stereocenters. The van der Waals surface area contributed by atoms with E-state index in [2.05, 4.69) is 20.5 Å². The normalized spacial score (nSPS) is 10.9. The predicted octanol–water partition coefficient (Wildman–Crippen LogP) is 4.26. The molecule has 0 saturated carbocycles. The highest BCUT2D eigenvalue weighted by atomic mass is 35.5. The molecule has 24 heavy (non-hydrogen) atoms. The van der Waals surface area contributed by atoms with Crippen LogP contribution in [0.1, 0.15) is 11.3 Å². The Kier molecular flexibility index (Phi) is 4.72. The minimum absolute atomic E-state index is 0.0973. The minimum Gasteiger partial charge on any atom is -0.507 e. The van der Waals surface area contributed by atoms with Crippen LogP contribution < -0.4 is 5.43 Å². The van der Waals surface area contributed by atoms with Gasteiger partial charge in [-0.1, -0.05) is 41.9 Å². The van der Waals surface area contributed by atoms with E-state index >= 15 is 0 Å². The number of anilines is 1. The first kappa shape index (κ1) is 16.0. The SMILES string of the molecule is Cc1cc(-c2ccccc2)nc(N/N=C/c2cc(Cl)ccc2O)n1. The zero-order valence-electron chi connectivity index (χ0n) is 12.9. The Morgan fingerprint density at radius 3 is 2.67 bits per heavy atom. The first-order chi connectivity index (χ1) is 11.6. The lowest BCUT2D eigenvalue weighted by atomic mass is 10.1. The van der Waals surface area contributed by atoms with Crippen LogP contribution in [0.25, 0.3) is 11.3 Å². The second-order valence-electron chi connectivity index (χ2n) is 5.16. The number of nitrogens with zero attached hydrogens (tertiary/aromatic N) is 3. The van der Waals surface area contributed by atoms with E-state index in [0.29, 0.717) is 16.5 Å². The number of nitrogens with one attached hydrogen (secondary N) is 1. The molecular weight excluding hydrogens is 324 g/mol. The highest BCUT2D eigenvalue weighted by Crippen LogP contribution is 2.20. The number of hydrogen-bond donors (Lipinski definition) is 2. The Morgan fingerprint density at radius 2 is 1.88 bits per heavy atom. The molecule has 0 saturated heterocycles. The Bertz CT molecular complexity index is 881. The highest BCUT2D eigenvalue weighted by molar-refractivity contribution is 6.30. The lowest BCUT2D eigenvalue weighted by Crippen LogP contribution is -2.00. The van der Waals surface area contributed by atoms with Gasteiger partial charge in [0.05, 0.1) is 11.9 Å². The van der Waals surface area contributed by atoms with E-state index in [1.807, 2.05) is 43.3 Å². The third-order valence-electron chi connectivity index (χ3n) is 3.28. The van der Waals surface area contributed by atoms with Gasteiger partial charge >= 0.3 is 0 Å². The first-order valence-corrected chi connectivity index (χ1v) is 7.68. The molecule has 0 aliphatic heterocycles. The van der Waals surface area contributed by atoms with Crippen molar-refractivity contribution >= 4 is 23.8 Å². The van der Waals surface area contributed by atoms with Crippen molar-refractivity contribution in [2.75, 3.05) is 5.43 Å². The summed E-state index contributed by atoms with van der Waals surface area (Å²) in [6, 6.07) is 16.5. The maximum atomic E-state index is 9.76. The van der Waals surface area contributed by atoms with E-state index in [1.165, 1.54) is 12.3 Å². The highest BCUT2D eigenvalue weighted by Gasteiger charge is 2.04. The van der Waals surface area contributed by atoms with Gasteiger partial charge in [-0.15, -0.1) is 0 Å². The largest absolute Gasteiger partial charge is 0.507 e. The van der Waals surface area contributed by atoms with Crippen molar-refractivity contribution in [3.8, 4) is 17.0 Å². The van der Waals surface area contributed by atoms with Crippen LogP contribution in [0.3, 0.4) is 0 Å². The number of phenols is 1. The van der Waals surface area contributed by atoms with E-state index in [4.69, 9.17) is 11.6 Å². The zero-order chi connectivity index (χ0) is 16.9. The van der Waals surface area contributed by atoms with Gasteiger partial charge in [0.25, 0.3) is 0 Å². The second-order valence-corrected chi connectivity index (χ2v) is 5.59. The van der Waals surface area contributed by atoms with Crippen LogP contribution in [0, 0.1) is 6.92 Å². The Balaban J connectivity index is 1.82. The van der Waals surface area contributed by atoms with E-state index in [1.54, 1.807) is 12.1 Å². The summed E-state index contributed by atoms with van der Waals surface area (Å²) in [5.41, 5.74) is 5.93. The number of hydrazone groups is 1. The van der Waals surface area contributed by atoms with E-state index in [0.717, 1.165) is 17.0 Å². The van der Waals surface area contributed by atoms with Crippen LogP contribution in [0.2, 0.25) is 5.02 Å². The fourth-order valence-electron chi connectivity index (χ4n) is 2.16. The lowest BCUT2D eigenvalue weighted by molar-refractivity contribution is 0.474. The average molecular weight is 339 g/mol. The topological polar surface area (TPSA) is 70.4 Å². The zero-order valence-corrected chi connectivity index (χ0v) is 13.7. The van der Waals surface area contributed by atoms with E-state index in [-0.39, 0.29) is 5.75 Å². The molecule has 0 aliphatic rings. The molecule has 2 aromatic carbocycles. The van der Waals surface area contributed by atoms with Gasteiger partial charge in [-0.2, -0.15) is 5.10 Å². The molecule has 0 amide bonds. The van der Waals surface area contributed by atoms with E-state index < -0.39 is 0 Å². The maximum absolute atomic E-state index is 9.76. The standard InChI is InChI=1S/C18H15ClN4O/c1-12-9-16(13-5-3-2-4-6-13)22-18(21-12)23-20-11-14-10-15(19)7-8-17(14)24/h2-11,24H,1H3,(H,21,22,23)/b20-11+. The summed E-state index contributed by atoms with van der Waals surface area (Å²) >= 11 is 5.90. The van der Waals surface area contributed by atoms with Crippen molar-refractivity contribution in [1.29, 1.82) is 0 Å². The molecule has 0 radical (unpaired) electrons. The van der Waals surface area contributed by atoms with Gasteiger partial charge in [-0.3, -0.25) is 0 Å². The Hall–Kier alpha value is -2.92. The van der Waals surface area contributed by atoms with Crippen LogP contribution in [-0.4, -0.2) is 21.3 Å². The molecule has 1 aromatic heterocycles. The van der Waals surface area contributed by atoms with Gasteiger partial charge in [-0.25, -0.2) is 15.4 Å². The Labute approximate surface area is 144 Å². The van der Waals surface area contributed by atoms with Crippen molar-refractivity contribution < 1.29 is 5.11 Å². The molecule has 0 spiro atoms. The molecule has 0 atom stereocenters. The summed E-state index contributed by atoms with van der Waals surface area (Å²) < 4.78 is 0. The maximum Gasteiger partial charge on any atom is 0.244 e. The second kappa shape index (κ2) is 7.10. The molecule has 3 aromatic rings. The molecule has 3 rings (SSSR count). The summed E-state index contributed by atoms with van der Waals surface area (Å²) in [5.74, 6) is 0.478. The molecule has 0 bridgehead atoms. The van der Waals surface area contributed by atoms with Crippen LogP contribution in [0.15, 0.2) is 59.7 Å². The fraction of sp³-hybridized carbons (Fsp3) is 0.0556. The number of phenolic OH excluding ortho intramolecular Hbond substituents is 1. The quantitative estimate of drug-likeness (QED) is 0.551. The number of aromatic nitrogens is 2. The number of rotatable bonds is 4. The Morgan fingerprint density at radius 1 is 1.08 bits per heavy atom. The summed E-state index contributed by atoms with van der Waals surface area (Å²) in [5, 5.41) is 14.4. The van der Waals surface area contributed by atoms with Crippen molar-refractivity contribution in [1.82, 2.24) is 9.97 Å². The molecular formula is C18H15ClN4O. The minimum atomic E-state index is 0.0973. The van der Waals surface area contributed by atoms with Crippen LogP contribution in [-0.2, 0) is 0 Å². The third kappa shape index (κ3) is 3.88. The predicted molar refractivity (Wildman–Crippen MR) is 96.5 cm³/mol. The number of hydrogen-bond acceptors (Lipinski definition) is 5. The smallest absolute Gasteiger partial charge is 0.244 e. The number of halogens is 1. The fourth-order valence-corrected chi connectivity index (χ4v) is 2.34. The van der Waals surface area contributed by atoms with Crippen LogP contribution >= 0.6 is 11.6 Å². The molecule has 2 N–H and O–H groups in total. The van der Waals surface area contributed by atoms with Gasteiger partial charge < -0.3 is 5.11 Å². The van der Waals surface area contributed by atoms with Crippen molar-refractivity contribution in [3.63, 3.8) is 0 Å². The first-order valence-electron chi connectivity index (χ1n) is 7.30. The summed E-state index contributed by atoms with van der Waals surface area (Å²) in [6.07, 6.45) is 1.47. The number of aryl methyl sites for hydroxylation is 1. The molecule has 6 heteroatoms. The van der Waals surface area contributed by atoms with Gasteiger partial charge in [0, 0.05) is 21.8 Å². The molecule has 5 nitrogen and oxygen atoms in total. The van der Waals surface area contributed by atoms with Crippen LogP contribution in [0.5, 0.6) is 5.75 Å². The molecule has 1 heterocycles. The third-order valence-corrected chi connectivity index (χ3v) is 3.52. The number of aromatic hydroxyl groups is 1. The van der Waals surface area contributed by atoms with Crippen LogP contribution in [0.4, 0.5) is 5.95 Å². The van der Waals surface area contributed by atoms with Gasteiger partial charge in [0.15, 0.2) is 0 Å². The van der Waals surface area contributed by atoms with Crippen molar-refractivity contribution in [2.45, 2.75) is 6.92 Å². The van der Waals surface area contributed by atoms with E-state index in [9.17, 15) is 5.11 Å². The summed E-state index contributed by atoms with van der Waals surface area (Å²) in [7, 11) is 0. The molecule has 0 aliphatic carbocycles. The van der Waals surface area contributed by atoms with Crippen molar-refractivity contribution in [3.05, 3.63) is 70.9 Å². The van der Waals surface area contributed by atoms with Crippen molar-refractivity contribution in [2.24, 2.45) is 5.10 Å². The summed E-state index contributed by atoms with van der Waals surface area (Å²) in [6.45, 7) is 1.89.